The first kappa shape index (κ1) is 18.5. The molecule has 0 aliphatic carbocycles. The van der Waals surface area contributed by atoms with E-state index in [2.05, 4.69) is 38.1 Å². The van der Waals surface area contributed by atoms with Crippen LogP contribution in [0.5, 0.6) is 0 Å². The van der Waals surface area contributed by atoms with Gasteiger partial charge in [0, 0.05) is 26.8 Å². The van der Waals surface area contributed by atoms with E-state index in [1.54, 1.807) is 12.1 Å². The van der Waals surface area contributed by atoms with Gasteiger partial charge in [0.05, 0.1) is 15.6 Å². The molecule has 0 atom stereocenters. The first-order chi connectivity index (χ1) is 13.5. The Bertz CT molecular complexity index is 1180. The number of hydrogen-bond acceptors (Lipinski definition) is 5. The third kappa shape index (κ3) is 3.48. The summed E-state index contributed by atoms with van der Waals surface area (Å²) in [5.74, 6) is 0.450. The zero-order valence-electron chi connectivity index (χ0n) is 14.2. The van der Waals surface area contributed by atoms with E-state index in [-0.39, 0.29) is 5.69 Å². The SMILES string of the molecule is O=[N+]([O-])c1ccc(-n2nnnc2-c2ccccc2Cl)c(-c2ccc(I)cc2)c1. The Kier molecular flexibility index (Phi) is 5.05. The van der Waals surface area contributed by atoms with Gasteiger partial charge in [0.2, 0.25) is 0 Å². The molecule has 9 heteroatoms. The molecule has 1 aromatic heterocycles. The smallest absolute Gasteiger partial charge is 0.258 e. The maximum atomic E-state index is 11.3. The van der Waals surface area contributed by atoms with Crippen molar-refractivity contribution in [3.05, 3.63) is 85.4 Å². The molecule has 0 aliphatic heterocycles. The zero-order chi connectivity index (χ0) is 19.7. The van der Waals surface area contributed by atoms with Gasteiger partial charge in [0.15, 0.2) is 5.82 Å². The van der Waals surface area contributed by atoms with Crippen molar-refractivity contribution in [1.29, 1.82) is 0 Å². The summed E-state index contributed by atoms with van der Waals surface area (Å²) in [5, 5.41) is 23.8. The van der Waals surface area contributed by atoms with Crippen LogP contribution in [-0.4, -0.2) is 25.1 Å². The van der Waals surface area contributed by atoms with E-state index in [4.69, 9.17) is 11.6 Å². The van der Waals surface area contributed by atoms with Crippen LogP contribution in [0, 0.1) is 13.7 Å². The lowest BCUT2D eigenvalue weighted by Crippen LogP contribution is -2.03. The van der Waals surface area contributed by atoms with Crippen LogP contribution in [-0.2, 0) is 0 Å². The van der Waals surface area contributed by atoms with E-state index < -0.39 is 4.92 Å². The minimum atomic E-state index is -0.422. The van der Waals surface area contributed by atoms with Crippen molar-refractivity contribution in [3.8, 4) is 28.2 Å². The van der Waals surface area contributed by atoms with Gasteiger partial charge in [-0.2, -0.15) is 4.68 Å². The van der Waals surface area contributed by atoms with E-state index in [0.29, 0.717) is 27.7 Å². The highest BCUT2D eigenvalue weighted by Crippen LogP contribution is 2.34. The molecular formula is C19H11ClIN5O2. The Labute approximate surface area is 178 Å². The van der Waals surface area contributed by atoms with Crippen molar-refractivity contribution in [2.45, 2.75) is 0 Å². The summed E-state index contributed by atoms with van der Waals surface area (Å²) in [6.45, 7) is 0. The van der Waals surface area contributed by atoms with Gasteiger partial charge in [-0.15, -0.1) is 5.10 Å². The van der Waals surface area contributed by atoms with E-state index in [9.17, 15) is 10.1 Å². The van der Waals surface area contributed by atoms with Gasteiger partial charge in [0.25, 0.3) is 5.69 Å². The number of non-ortho nitro benzene ring substituents is 1. The second-order valence-electron chi connectivity index (χ2n) is 5.86. The highest BCUT2D eigenvalue weighted by Gasteiger charge is 2.19. The molecule has 138 valence electrons. The van der Waals surface area contributed by atoms with Crippen LogP contribution in [0.1, 0.15) is 0 Å². The van der Waals surface area contributed by atoms with Crippen molar-refractivity contribution in [3.63, 3.8) is 0 Å². The molecule has 0 aliphatic rings. The zero-order valence-corrected chi connectivity index (χ0v) is 17.1. The Morgan fingerprint density at radius 2 is 1.75 bits per heavy atom. The van der Waals surface area contributed by atoms with Crippen molar-refractivity contribution in [1.82, 2.24) is 20.2 Å². The summed E-state index contributed by atoms with van der Waals surface area (Å²) in [4.78, 5) is 10.9. The first-order valence-electron chi connectivity index (χ1n) is 8.12. The van der Waals surface area contributed by atoms with Crippen molar-refractivity contribution in [2.75, 3.05) is 0 Å². The van der Waals surface area contributed by atoms with Crippen molar-refractivity contribution in [2.24, 2.45) is 0 Å². The van der Waals surface area contributed by atoms with E-state index >= 15 is 0 Å². The van der Waals surface area contributed by atoms with Gasteiger partial charge in [-0.3, -0.25) is 10.1 Å². The molecule has 3 aromatic carbocycles. The van der Waals surface area contributed by atoms with Gasteiger partial charge in [-0.1, -0.05) is 35.9 Å². The molecule has 4 aromatic rings. The number of halogens is 2. The number of nitro benzene ring substituents is 1. The maximum absolute atomic E-state index is 11.3. The number of benzene rings is 3. The summed E-state index contributed by atoms with van der Waals surface area (Å²) >= 11 is 8.53. The third-order valence-electron chi connectivity index (χ3n) is 4.16. The summed E-state index contributed by atoms with van der Waals surface area (Å²) in [6.07, 6.45) is 0. The van der Waals surface area contributed by atoms with Gasteiger partial charge in [-0.25, -0.2) is 0 Å². The lowest BCUT2D eigenvalue weighted by atomic mass is 10.0. The average molecular weight is 504 g/mol. The predicted molar refractivity (Wildman–Crippen MR) is 114 cm³/mol. The fraction of sp³-hybridized carbons (Fsp3) is 0. The molecule has 0 saturated heterocycles. The molecule has 4 rings (SSSR count). The second-order valence-corrected chi connectivity index (χ2v) is 7.51. The van der Waals surface area contributed by atoms with Crippen LogP contribution in [0.2, 0.25) is 5.02 Å². The summed E-state index contributed by atoms with van der Waals surface area (Å²) in [5.41, 5.74) is 2.74. The first-order valence-corrected chi connectivity index (χ1v) is 9.58. The Morgan fingerprint density at radius 3 is 2.46 bits per heavy atom. The minimum Gasteiger partial charge on any atom is -0.258 e. The quantitative estimate of drug-likeness (QED) is 0.218. The maximum Gasteiger partial charge on any atom is 0.270 e. The number of nitro groups is 1. The molecule has 0 amide bonds. The fourth-order valence-corrected chi connectivity index (χ4v) is 3.42. The predicted octanol–water partition coefficient (Wildman–Crippen LogP) is 5.16. The minimum absolute atomic E-state index is 0.00957. The molecule has 0 saturated carbocycles. The summed E-state index contributed by atoms with van der Waals surface area (Å²) in [6, 6.07) is 19.5. The van der Waals surface area contributed by atoms with Gasteiger partial charge < -0.3 is 0 Å². The molecule has 0 radical (unpaired) electrons. The monoisotopic (exact) mass is 503 g/mol. The summed E-state index contributed by atoms with van der Waals surface area (Å²) < 4.78 is 2.60. The Balaban J connectivity index is 1.95. The Hall–Kier alpha value is -2.85. The molecule has 0 bridgehead atoms. The molecule has 1 heterocycles. The van der Waals surface area contributed by atoms with Gasteiger partial charge in [0.1, 0.15) is 0 Å². The van der Waals surface area contributed by atoms with Crippen LogP contribution < -0.4 is 0 Å². The number of hydrogen-bond donors (Lipinski definition) is 0. The molecule has 28 heavy (non-hydrogen) atoms. The number of aromatic nitrogens is 4. The lowest BCUT2D eigenvalue weighted by molar-refractivity contribution is -0.384. The molecular weight excluding hydrogens is 493 g/mol. The van der Waals surface area contributed by atoms with Crippen molar-refractivity contribution < 1.29 is 4.92 Å². The average Bonchev–Trinajstić information content (AvgIpc) is 3.18. The molecule has 0 spiro atoms. The Morgan fingerprint density at radius 1 is 1.00 bits per heavy atom. The van der Waals surface area contributed by atoms with Crippen LogP contribution in [0.3, 0.4) is 0 Å². The van der Waals surface area contributed by atoms with Gasteiger partial charge in [-0.05, 0) is 68.9 Å². The molecule has 0 N–H and O–H groups in total. The van der Waals surface area contributed by atoms with Crippen LogP contribution in [0.25, 0.3) is 28.2 Å². The highest BCUT2D eigenvalue weighted by atomic mass is 127. The van der Waals surface area contributed by atoms with Crippen LogP contribution >= 0.6 is 34.2 Å². The van der Waals surface area contributed by atoms with Crippen LogP contribution in [0.4, 0.5) is 5.69 Å². The summed E-state index contributed by atoms with van der Waals surface area (Å²) in [7, 11) is 0. The lowest BCUT2D eigenvalue weighted by Gasteiger charge is -2.12. The number of rotatable bonds is 4. The molecule has 7 nitrogen and oxygen atoms in total. The van der Waals surface area contributed by atoms with Crippen LogP contribution in [0.15, 0.2) is 66.7 Å². The van der Waals surface area contributed by atoms with E-state index in [0.717, 1.165) is 9.13 Å². The van der Waals surface area contributed by atoms with Gasteiger partial charge >= 0.3 is 0 Å². The van der Waals surface area contributed by atoms with E-state index in [1.807, 2.05) is 42.5 Å². The molecule has 0 unspecified atom stereocenters. The normalized spacial score (nSPS) is 10.8. The molecule has 0 fully saturated rings. The topological polar surface area (TPSA) is 86.7 Å². The fourth-order valence-electron chi connectivity index (χ4n) is 2.84. The highest BCUT2D eigenvalue weighted by molar-refractivity contribution is 14.1. The number of nitrogens with zero attached hydrogens (tertiary/aromatic N) is 5. The largest absolute Gasteiger partial charge is 0.270 e. The third-order valence-corrected chi connectivity index (χ3v) is 5.21. The number of tetrazole rings is 1. The van der Waals surface area contributed by atoms with Crippen molar-refractivity contribution >= 4 is 39.9 Å². The van der Waals surface area contributed by atoms with E-state index in [1.165, 1.54) is 16.8 Å². The standard InChI is InChI=1S/C19H11ClIN5O2/c20-17-4-2-1-3-15(17)19-22-23-24-25(19)18-10-9-14(26(27)28)11-16(18)12-5-7-13(21)8-6-12/h1-11H. The second kappa shape index (κ2) is 7.64.